The minimum Gasteiger partial charge on any atom is -0.232 e. The first-order valence-electron chi connectivity index (χ1n) is 14.1. The summed E-state index contributed by atoms with van der Waals surface area (Å²) < 4.78 is 3.87. The van der Waals surface area contributed by atoms with Gasteiger partial charge in [-0.2, -0.15) is 10.2 Å². The Balaban J connectivity index is 1.59. The highest BCUT2D eigenvalue weighted by Crippen LogP contribution is 2.56. The van der Waals surface area contributed by atoms with Crippen LogP contribution in [0.15, 0.2) is 135 Å². The van der Waals surface area contributed by atoms with Crippen LogP contribution in [-0.4, -0.2) is 29.5 Å². The van der Waals surface area contributed by atoms with Crippen molar-refractivity contribution in [3.05, 3.63) is 167 Å². The third kappa shape index (κ3) is 6.11. The van der Waals surface area contributed by atoms with E-state index in [-0.39, 0.29) is 0 Å². The molecular weight excluding hydrogens is 595 g/mol. The first kappa shape index (κ1) is 29.2. The van der Waals surface area contributed by atoms with Crippen molar-refractivity contribution in [1.29, 1.82) is 0 Å². The molecule has 0 aliphatic carbocycles. The lowest BCUT2D eigenvalue weighted by Gasteiger charge is -2.44. The number of rotatable bonds is 12. The highest BCUT2D eigenvalue weighted by atomic mass is 35.5. The van der Waals surface area contributed by atoms with E-state index in [0.29, 0.717) is 22.9 Å². The molecule has 6 rings (SSSR count). The number of hydrogen-bond donors (Lipinski definition) is 0. The maximum atomic E-state index is 7.08. The normalized spacial score (nSPS) is 14.2. The standard InChI is InChI=1S/C34H30Cl2N6S/c35-31-17-9-7-15-29(31)33(41-25-37-23-39-41,21-19-27-11-3-1-4-12-27)43-34(42-26-38-24-40-42,30-16-8-10-18-32(30)36)22-20-28-13-5-2-6-14-28/h1-18,23-26H,19-22H2. The number of halogens is 2. The first-order valence-corrected chi connectivity index (χ1v) is 15.7. The molecule has 0 bridgehead atoms. The Morgan fingerprint density at radius 3 is 1.30 bits per heavy atom. The van der Waals surface area contributed by atoms with Gasteiger partial charge in [0.25, 0.3) is 0 Å². The molecule has 0 saturated carbocycles. The van der Waals surface area contributed by atoms with E-state index in [9.17, 15) is 0 Å². The quantitative estimate of drug-likeness (QED) is 0.137. The Hall–Kier alpha value is -3.91. The lowest BCUT2D eigenvalue weighted by molar-refractivity contribution is 0.395. The molecule has 2 heterocycles. The number of aryl methyl sites for hydroxylation is 2. The van der Waals surface area contributed by atoms with Crippen LogP contribution in [-0.2, 0) is 22.6 Å². The smallest absolute Gasteiger partial charge is 0.139 e. The Labute approximate surface area is 265 Å². The molecule has 2 aromatic heterocycles. The van der Waals surface area contributed by atoms with Crippen molar-refractivity contribution in [2.24, 2.45) is 0 Å². The molecule has 0 spiro atoms. The van der Waals surface area contributed by atoms with Crippen LogP contribution < -0.4 is 0 Å². The second kappa shape index (κ2) is 13.2. The van der Waals surface area contributed by atoms with Gasteiger partial charge >= 0.3 is 0 Å². The van der Waals surface area contributed by atoms with Crippen LogP contribution in [0.4, 0.5) is 0 Å². The van der Waals surface area contributed by atoms with Crippen LogP contribution in [0.3, 0.4) is 0 Å². The SMILES string of the molecule is Clc1ccccc1C(CCc1ccccc1)(SC(CCc1ccccc1)(c1ccccc1Cl)n1cncn1)n1cncn1. The minimum atomic E-state index is -0.813. The van der Waals surface area contributed by atoms with Crippen molar-refractivity contribution < 1.29 is 0 Å². The van der Waals surface area contributed by atoms with E-state index in [1.807, 2.05) is 57.9 Å². The van der Waals surface area contributed by atoms with Gasteiger partial charge in [0.05, 0.1) is 0 Å². The molecule has 0 fully saturated rings. The van der Waals surface area contributed by atoms with Gasteiger partial charge in [0.15, 0.2) is 0 Å². The van der Waals surface area contributed by atoms with Crippen molar-refractivity contribution in [3.8, 4) is 0 Å². The van der Waals surface area contributed by atoms with E-state index >= 15 is 0 Å². The lowest BCUT2D eigenvalue weighted by Crippen LogP contribution is -2.43. The van der Waals surface area contributed by atoms with Gasteiger partial charge in [-0.3, -0.25) is 0 Å². The Morgan fingerprint density at radius 1 is 0.535 bits per heavy atom. The topological polar surface area (TPSA) is 61.4 Å². The molecule has 4 aromatic carbocycles. The fourth-order valence-electron chi connectivity index (χ4n) is 5.59. The predicted octanol–water partition coefficient (Wildman–Crippen LogP) is 8.28. The lowest BCUT2D eigenvalue weighted by atomic mass is 9.97. The average Bonchev–Trinajstić information content (AvgIpc) is 3.79. The molecular formula is C34H30Cl2N6S. The number of nitrogens with zero attached hydrogens (tertiary/aromatic N) is 6. The van der Waals surface area contributed by atoms with Gasteiger partial charge in [0, 0.05) is 21.2 Å². The summed E-state index contributed by atoms with van der Waals surface area (Å²) in [5.74, 6) is 0. The monoisotopic (exact) mass is 624 g/mol. The largest absolute Gasteiger partial charge is 0.232 e. The summed E-state index contributed by atoms with van der Waals surface area (Å²) in [6, 6.07) is 36.9. The zero-order valence-corrected chi connectivity index (χ0v) is 25.7. The number of aromatic nitrogens is 6. The molecule has 9 heteroatoms. The van der Waals surface area contributed by atoms with Crippen LogP contribution in [0, 0.1) is 0 Å². The zero-order chi connectivity index (χ0) is 29.5. The van der Waals surface area contributed by atoms with E-state index in [1.54, 1.807) is 37.1 Å². The van der Waals surface area contributed by atoms with Gasteiger partial charge in [0.1, 0.15) is 35.1 Å². The first-order chi connectivity index (χ1) is 21.1. The van der Waals surface area contributed by atoms with Crippen molar-refractivity contribution in [3.63, 3.8) is 0 Å². The van der Waals surface area contributed by atoms with Crippen LogP contribution in [0.2, 0.25) is 10.0 Å². The van der Waals surface area contributed by atoms with Crippen LogP contribution in [0.5, 0.6) is 0 Å². The highest BCUT2D eigenvalue weighted by Gasteiger charge is 2.49. The molecule has 6 nitrogen and oxygen atoms in total. The summed E-state index contributed by atoms with van der Waals surface area (Å²) in [6.45, 7) is 0. The van der Waals surface area contributed by atoms with Crippen molar-refractivity contribution in [2.75, 3.05) is 0 Å². The summed E-state index contributed by atoms with van der Waals surface area (Å²) in [7, 11) is 0. The fourth-order valence-corrected chi connectivity index (χ4v) is 8.21. The number of benzene rings is 4. The molecule has 0 N–H and O–H groups in total. The number of thioether (sulfide) groups is 1. The molecule has 43 heavy (non-hydrogen) atoms. The van der Waals surface area contributed by atoms with Gasteiger partial charge in [-0.25, -0.2) is 19.3 Å². The number of hydrogen-bond acceptors (Lipinski definition) is 5. The van der Waals surface area contributed by atoms with E-state index in [4.69, 9.17) is 33.4 Å². The summed E-state index contributed by atoms with van der Waals surface area (Å²) in [6.07, 6.45) is 9.58. The summed E-state index contributed by atoms with van der Waals surface area (Å²) >= 11 is 15.9. The fraction of sp³-hybridized carbons (Fsp3) is 0.176. The van der Waals surface area contributed by atoms with E-state index in [2.05, 4.69) is 70.6 Å². The molecule has 6 aromatic rings. The van der Waals surface area contributed by atoms with Gasteiger partial charge in [-0.1, -0.05) is 132 Å². The summed E-state index contributed by atoms with van der Waals surface area (Å²) in [5.41, 5.74) is 4.29. The van der Waals surface area contributed by atoms with Crippen LogP contribution in [0.1, 0.15) is 35.1 Å². The average molecular weight is 626 g/mol. The van der Waals surface area contributed by atoms with E-state index < -0.39 is 9.74 Å². The van der Waals surface area contributed by atoms with E-state index in [1.165, 1.54) is 11.1 Å². The maximum absolute atomic E-state index is 7.08. The van der Waals surface area contributed by atoms with Crippen LogP contribution in [0.25, 0.3) is 0 Å². The molecule has 2 unspecified atom stereocenters. The van der Waals surface area contributed by atoms with Crippen LogP contribution >= 0.6 is 35.0 Å². The van der Waals surface area contributed by atoms with Gasteiger partial charge in [-0.15, -0.1) is 0 Å². The highest BCUT2D eigenvalue weighted by molar-refractivity contribution is 8.01. The van der Waals surface area contributed by atoms with Crippen molar-refractivity contribution in [1.82, 2.24) is 29.5 Å². The molecule has 0 radical (unpaired) electrons. The molecule has 2 atom stereocenters. The van der Waals surface area contributed by atoms with Crippen molar-refractivity contribution >= 4 is 35.0 Å². The molecule has 0 aliphatic heterocycles. The van der Waals surface area contributed by atoms with Gasteiger partial charge in [0.2, 0.25) is 0 Å². The van der Waals surface area contributed by atoms with E-state index in [0.717, 1.165) is 24.0 Å². The molecule has 0 aliphatic rings. The second-order valence-electron chi connectivity index (χ2n) is 10.3. The third-order valence-electron chi connectivity index (χ3n) is 7.70. The zero-order valence-electron chi connectivity index (χ0n) is 23.4. The molecule has 216 valence electrons. The second-order valence-corrected chi connectivity index (χ2v) is 12.7. The molecule has 0 saturated heterocycles. The summed E-state index contributed by atoms with van der Waals surface area (Å²) in [5, 5.41) is 10.8. The van der Waals surface area contributed by atoms with Gasteiger partial charge < -0.3 is 0 Å². The predicted molar refractivity (Wildman–Crippen MR) is 174 cm³/mol. The Bertz CT molecular complexity index is 1600. The molecule has 0 amide bonds. The Morgan fingerprint density at radius 2 is 0.930 bits per heavy atom. The third-order valence-corrected chi connectivity index (χ3v) is 10.3. The summed E-state index contributed by atoms with van der Waals surface area (Å²) in [4.78, 5) is 7.19. The van der Waals surface area contributed by atoms with Crippen molar-refractivity contribution in [2.45, 2.75) is 35.4 Å². The Kier molecular flexibility index (Phi) is 8.93. The maximum Gasteiger partial charge on any atom is 0.139 e. The van der Waals surface area contributed by atoms with Gasteiger partial charge in [-0.05, 0) is 48.9 Å². The minimum absolute atomic E-state index is 0.647.